The lowest BCUT2D eigenvalue weighted by Gasteiger charge is -2.25. The van der Waals surface area contributed by atoms with Gasteiger partial charge in [-0.2, -0.15) is 13.2 Å². The number of benzene rings is 3. The number of hydrogen-bond acceptors (Lipinski definition) is 6. The lowest BCUT2D eigenvalue weighted by atomic mass is 10.1. The predicted molar refractivity (Wildman–Crippen MR) is 150 cm³/mol. The molecule has 1 aromatic heterocycles. The molecule has 0 unspecified atom stereocenters. The normalized spacial score (nSPS) is 14.1. The van der Waals surface area contributed by atoms with Gasteiger partial charge in [0, 0.05) is 5.02 Å². The van der Waals surface area contributed by atoms with E-state index in [4.69, 9.17) is 30.2 Å². The van der Waals surface area contributed by atoms with Crippen molar-refractivity contribution in [2.75, 3.05) is 20.2 Å². The summed E-state index contributed by atoms with van der Waals surface area (Å²) in [5.74, 6) is -2.74. The van der Waals surface area contributed by atoms with Gasteiger partial charge in [-0.15, -0.1) is 0 Å². The van der Waals surface area contributed by atoms with Gasteiger partial charge in [0.05, 0.1) is 36.7 Å². The van der Waals surface area contributed by atoms with Gasteiger partial charge in [0.25, 0.3) is 5.76 Å². The van der Waals surface area contributed by atoms with Gasteiger partial charge < -0.3 is 23.5 Å². The van der Waals surface area contributed by atoms with Crippen molar-refractivity contribution >= 4 is 28.5 Å². The first-order chi connectivity index (χ1) is 20.0. The van der Waals surface area contributed by atoms with Gasteiger partial charge in [-0.3, -0.25) is 4.79 Å². The van der Waals surface area contributed by atoms with Crippen LogP contribution in [0, 0.1) is 6.92 Å². The number of rotatable bonds is 7. The summed E-state index contributed by atoms with van der Waals surface area (Å²) in [6, 6.07) is 13.2. The number of ether oxygens (including phenoxy) is 3. The smallest absolute Gasteiger partial charge is 0.453 e. The van der Waals surface area contributed by atoms with Gasteiger partial charge in [0.1, 0.15) is 23.8 Å². The lowest BCUT2D eigenvalue weighted by Crippen LogP contribution is -3.11. The molecule has 42 heavy (non-hydrogen) atoms. The van der Waals surface area contributed by atoms with Crippen LogP contribution >= 0.6 is 11.6 Å². The number of methoxy groups -OCH3 is 1. The molecular weight excluding hydrogens is 575 g/mol. The molecule has 220 valence electrons. The molecule has 0 spiro atoms. The summed E-state index contributed by atoms with van der Waals surface area (Å²) in [6.45, 7) is 3.40. The van der Waals surface area contributed by atoms with E-state index in [1.165, 1.54) is 49.6 Å². The molecule has 1 saturated heterocycles. The van der Waals surface area contributed by atoms with Crippen molar-refractivity contribution in [3.8, 4) is 23.0 Å². The summed E-state index contributed by atoms with van der Waals surface area (Å²) in [5.41, 5.74) is -0.332. The fraction of sp³-hybridized carbons (Fsp3) is 0.290. The molecule has 1 aliphatic rings. The Morgan fingerprint density at radius 3 is 2.33 bits per heavy atom. The largest absolute Gasteiger partial charge is 0.497 e. The standard InChI is InChI=1S/C31H27ClF3NO6/c1-18-16-21(10-12-24(18)32)40-28-26(37)22-11-13-25(41-30(38)19-6-8-20(39-2)9-7-19)23(17-36-14-4-3-5-15-36)27(22)42-29(28)31(33,34)35/h6-13,16H,3-5,14-15,17H2,1-2H3/p+1. The molecule has 1 fully saturated rings. The topological polar surface area (TPSA) is 79.4 Å². The molecule has 0 saturated carbocycles. The maximum absolute atomic E-state index is 14.4. The van der Waals surface area contributed by atoms with Crippen LogP contribution in [0.1, 0.15) is 46.5 Å². The Morgan fingerprint density at radius 1 is 1.00 bits per heavy atom. The van der Waals surface area contributed by atoms with Crippen molar-refractivity contribution in [1.29, 1.82) is 0 Å². The minimum atomic E-state index is -5.06. The van der Waals surface area contributed by atoms with Crippen LogP contribution in [0.25, 0.3) is 11.0 Å². The highest BCUT2D eigenvalue weighted by molar-refractivity contribution is 6.31. The first kappa shape index (κ1) is 29.5. The van der Waals surface area contributed by atoms with Gasteiger partial charge in [-0.25, -0.2) is 4.79 Å². The van der Waals surface area contributed by atoms with Crippen LogP contribution < -0.4 is 24.5 Å². The van der Waals surface area contributed by atoms with E-state index in [0.29, 0.717) is 16.3 Å². The van der Waals surface area contributed by atoms with Crippen molar-refractivity contribution in [3.05, 3.63) is 92.3 Å². The molecule has 0 bridgehead atoms. The van der Waals surface area contributed by atoms with Gasteiger partial charge in [0.15, 0.2) is 5.58 Å². The van der Waals surface area contributed by atoms with Gasteiger partial charge in [-0.05, 0) is 86.3 Å². The zero-order chi connectivity index (χ0) is 30.0. The second-order valence-corrected chi connectivity index (χ2v) is 10.5. The molecule has 0 radical (unpaired) electrons. The fourth-order valence-corrected chi connectivity index (χ4v) is 5.10. The number of halogens is 4. The Bertz CT molecular complexity index is 1680. The van der Waals surface area contributed by atoms with E-state index in [9.17, 15) is 22.8 Å². The summed E-state index contributed by atoms with van der Waals surface area (Å²) in [6.07, 6.45) is -2.12. The monoisotopic (exact) mass is 602 g/mol. The summed E-state index contributed by atoms with van der Waals surface area (Å²) in [4.78, 5) is 27.7. The van der Waals surface area contributed by atoms with Crippen LogP contribution in [0.2, 0.25) is 5.02 Å². The van der Waals surface area contributed by atoms with Gasteiger partial charge >= 0.3 is 12.1 Å². The van der Waals surface area contributed by atoms with Crippen molar-refractivity contribution in [2.24, 2.45) is 0 Å². The second-order valence-electron chi connectivity index (χ2n) is 10.1. The number of hydrogen-bond donors (Lipinski definition) is 1. The zero-order valence-electron chi connectivity index (χ0n) is 22.9. The predicted octanol–water partition coefficient (Wildman–Crippen LogP) is 6.36. The number of esters is 1. The molecule has 1 aliphatic heterocycles. The number of alkyl halides is 3. The van der Waals surface area contributed by atoms with Crippen molar-refractivity contribution in [3.63, 3.8) is 0 Å². The van der Waals surface area contributed by atoms with Gasteiger partial charge in [0.2, 0.25) is 11.2 Å². The average Bonchev–Trinajstić information content (AvgIpc) is 2.97. The van der Waals surface area contributed by atoms with Crippen molar-refractivity contribution < 1.29 is 41.5 Å². The van der Waals surface area contributed by atoms with Crippen LogP contribution in [-0.4, -0.2) is 26.2 Å². The lowest BCUT2D eigenvalue weighted by molar-refractivity contribution is -0.918. The average molecular weight is 603 g/mol. The SMILES string of the molecule is COc1ccc(C(=O)Oc2ccc3c(=O)c(Oc4ccc(Cl)c(C)c4)c(C(F)(F)F)oc3c2C[NH+]2CCCCC2)cc1. The zero-order valence-corrected chi connectivity index (χ0v) is 23.7. The minimum Gasteiger partial charge on any atom is -0.497 e. The molecule has 11 heteroatoms. The third-order valence-corrected chi connectivity index (χ3v) is 7.63. The van der Waals surface area contributed by atoms with E-state index in [2.05, 4.69) is 0 Å². The first-order valence-corrected chi connectivity index (χ1v) is 13.8. The molecule has 4 aromatic rings. The van der Waals surface area contributed by atoms with Crippen LogP contribution in [0.5, 0.6) is 23.0 Å². The van der Waals surface area contributed by atoms with Crippen molar-refractivity contribution in [1.82, 2.24) is 0 Å². The summed E-state index contributed by atoms with van der Waals surface area (Å²) in [5, 5.41) is 0.268. The minimum absolute atomic E-state index is 0.00271. The number of aryl methyl sites for hydroxylation is 1. The molecule has 5 rings (SSSR count). The fourth-order valence-electron chi connectivity index (χ4n) is 4.98. The van der Waals surface area contributed by atoms with Crippen molar-refractivity contribution in [2.45, 2.75) is 38.9 Å². The highest BCUT2D eigenvalue weighted by Gasteiger charge is 2.41. The highest BCUT2D eigenvalue weighted by atomic mass is 35.5. The molecular formula is C31H28ClF3NO6+. The number of quaternary nitrogens is 1. The molecule has 3 aromatic carbocycles. The second kappa shape index (κ2) is 12.1. The first-order valence-electron chi connectivity index (χ1n) is 13.4. The molecule has 1 N–H and O–H groups in total. The molecule has 2 heterocycles. The number of piperidine rings is 1. The van der Waals surface area contributed by atoms with Crippen LogP contribution in [0.3, 0.4) is 0 Å². The van der Waals surface area contributed by atoms with E-state index >= 15 is 0 Å². The van der Waals surface area contributed by atoms with E-state index < -0.39 is 29.1 Å². The number of carbonyl (C=O) groups excluding carboxylic acids is 1. The van der Waals surface area contributed by atoms with Gasteiger partial charge in [-0.1, -0.05) is 11.6 Å². The Hall–Kier alpha value is -4.02. The van der Waals surface area contributed by atoms with Crippen LogP contribution in [-0.2, 0) is 12.7 Å². The summed E-state index contributed by atoms with van der Waals surface area (Å²) >= 11 is 6.04. The third kappa shape index (κ3) is 6.24. The maximum Gasteiger partial charge on any atom is 0.453 e. The quantitative estimate of drug-likeness (QED) is 0.196. The molecule has 0 amide bonds. The third-order valence-electron chi connectivity index (χ3n) is 7.20. The summed E-state index contributed by atoms with van der Waals surface area (Å²) < 4.78 is 64.9. The van der Waals surface area contributed by atoms with E-state index in [0.717, 1.165) is 37.3 Å². The Balaban J connectivity index is 1.64. The number of nitrogens with one attached hydrogen (secondary N) is 1. The Morgan fingerprint density at radius 2 is 1.69 bits per heavy atom. The van der Waals surface area contributed by atoms with E-state index in [-0.39, 0.29) is 40.1 Å². The Labute approximate surface area is 244 Å². The number of fused-ring (bicyclic) bond motifs is 1. The molecule has 0 atom stereocenters. The highest BCUT2D eigenvalue weighted by Crippen LogP contribution is 2.40. The number of carbonyl (C=O) groups is 1. The van der Waals surface area contributed by atoms with Crippen LogP contribution in [0.4, 0.5) is 13.2 Å². The van der Waals surface area contributed by atoms with E-state index in [1.54, 1.807) is 19.1 Å². The molecule has 0 aliphatic carbocycles. The van der Waals surface area contributed by atoms with E-state index in [1.807, 2.05) is 0 Å². The Kier molecular flexibility index (Phi) is 8.47. The summed E-state index contributed by atoms with van der Waals surface area (Å²) in [7, 11) is 1.49. The molecule has 7 nitrogen and oxygen atoms in total. The maximum atomic E-state index is 14.4. The van der Waals surface area contributed by atoms with Crippen LogP contribution in [0.15, 0.2) is 63.8 Å². The number of likely N-dealkylation sites (tertiary alicyclic amines) is 1.